The van der Waals surface area contributed by atoms with Crippen LogP contribution >= 0.6 is 23.5 Å². The van der Waals surface area contributed by atoms with Crippen LogP contribution in [0.25, 0.3) is 0 Å². The van der Waals surface area contributed by atoms with Gasteiger partial charge in [-0.05, 0) is 57.1 Å². The zero-order chi connectivity index (χ0) is 19.8. The molecule has 1 aliphatic heterocycles. The van der Waals surface area contributed by atoms with E-state index in [9.17, 15) is 9.90 Å². The van der Waals surface area contributed by atoms with E-state index < -0.39 is 5.60 Å². The van der Waals surface area contributed by atoms with Crippen molar-refractivity contribution >= 4 is 29.6 Å². The number of carbonyl (C=O) groups is 1. The van der Waals surface area contributed by atoms with E-state index in [4.69, 9.17) is 4.74 Å². The zero-order valence-corrected chi connectivity index (χ0v) is 18.3. The van der Waals surface area contributed by atoms with E-state index >= 15 is 0 Å². The lowest BCUT2D eigenvalue weighted by molar-refractivity contribution is 0.0526. The fourth-order valence-corrected chi connectivity index (χ4v) is 6.53. The number of hydrogen-bond donors (Lipinski definition) is 2. The second-order valence-corrected chi connectivity index (χ2v) is 10.8. The Bertz CT molecular complexity index is 569. The van der Waals surface area contributed by atoms with Crippen LogP contribution in [0.1, 0.15) is 58.4 Å². The molecule has 0 spiro atoms. The predicted molar refractivity (Wildman–Crippen MR) is 116 cm³/mol. The van der Waals surface area contributed by atoms with E-state index in [1.165, 1.54) is 12.0 Å². The molecule has 1 fully saturated rings. The van der Waals surface area contributed by atoms with Crippen LogP contribution in [0, 0.1) is 0 Å². The van der Waals surface area contributed by atoms with Crippen LogP contribution in [0.15, 0.2) is 30.3 Å². The van der Waals surface area contributed by atoms with Gasteiger partial charge in [-0.15, -0.1) is 23.5 Å². The minimum Gasteiger partial charge on any atom is -0.444 e. The molecule has 27 heavy (non-hydrogen) atoms. The first-order chi connectivity index (χ1) is 12.8. The number of hydrogen-bond acceptors (Lipinski definition) is 5. The van der Waals surface area contributed by atoms with Crippen molar-refractivity contribution in [2.45, 2.75) is 68.7 Å². The number of alkyl carbamates (subject to hydrolysis) is 1. The third kappa shape index (κ3) is 7.24. The van der Waals surface area contributed by atoms with E-state index in [1.807, 2.05) is 50.4 Å². The summed E-state index contributed by atoms with van der Waals surface area (Å²) in [4.78, 5) is 11.6. The van der Waals surface area contributed by atoms with Gasteiger partial charge in [-0.3, -0.25) is 0 Å². The molecule has 0 saturated carbocycles. The molecular weight excluding hydrogens is 378 g/mol. The first kappa shape index (κ1) is 22.4. The van der Waals surface area contributed by atoms with Crippen LogP contribution in [0.4, 0.5) is 4.79 Å². The SMILES string of the molecule is CC(C)(C)OC(=O)NCCCCCC(O)C1(c2ccccc2)SCCCS1. The summed E-state index contributed by atoms with van der Waals surface area (Å²) in [5.41, 5.74) is 0.758. The zero-order valence-electron chi connectivity index (χ0n) is 16.7. The maximum Gasteiger partial charge on any atom is 0.407 e. The topological polar surface area (TPSA) is 58.6 Å². The molecule has 0 radical (unpaired) electrons. The largest absolute Gasteiger partial charge is 0.444 e. The average Bonchev–Trinajstić information content (AvgIpc) is 2.64. The van der Waals surface area contributed by atoms with Gasteiger partial charge in [0, 0.05) is 6.54 Å². The summed E-state index contributed by atoms with van der Waals surface area (Å²) in [6.07, 6.45) is 4.08. The lowest BCUT2D eigenvalue weighted by Crippen LogP contribution is -2.36. The predicted octanol–water partition coefficient (Wildman–Crippen LogP) is 5.16. The number of benzene rings is 1. The highest BCUT2D eigenvalue weighted by atomic mass is 32.2. The molecule has 0 aromatic heterocycles. The van der Waals surface area contributed by atoms with Crippen molar-refractivity contribution in [1.29, 1.82) is 0 Å². The number of ether oxygens (including phenoxy) is 1. The molecular formula is C21H33NO3S2. The maximum atomic E-state index is 11.6. The summed E-state index contributed by atoms with van der Waals surface area (Å²) < 4.78 is 4.99. The molecule has 1 aromatic carbocycles. The molecule has 0 bridgehead atoms. The maximum absolute atomic E-state index is 11.6. The van der Waals surface area contributed by atoms with Crippen LogP contribution in [0.5, 0.6) is 0 Å². The van der Waals surface area contributed by atoms with Crippen LogP contribution in [0.2, 0.25) is 0 Å². The number of rotatable bonds is 8. The van der Waals surface area contributed by atoms with Crippen molar-refractivity contribution in [1.82, 2.24) is 5.32 Å². The number of thioether (sulfide) groups is 2. The summed E-state index contributed by atoms with van der Waals surface area (Å²) in [6.45, 7) is 6.19. The van der Waals surface area contributed by atoms with E-state index in [-0.39, 0.29) is 16.3 Å². The second-order valence-electron chi connectivity index (χ2n) is 7.88. The summed E-state index contributed by atoms with van der Waals surface area (Å²) in [5.74, 6) is 2.19. The molecule has 1 aliphatic rings. The lowest BCUT2D eigenvalue weighted by atomic mass is 10.0. The summed E-state index contributed by atoms with van der Waals surface area (Å²) in [5, 5.41) is 13.8. The molecule has 6 heteroatoms. The Labute approximate surface area is 172 Å². The van der Waals surface area contributed by atoms with Gasteiger partial charge in [0.2, 0.25) is 0 Å². The number of nitrogens with one attached hydrogen (secondary N) is 1. The number of unbranched alkanes of at least 4 members (excludes halogenated alkanes) is 2. The lowest BCUT2D eigenvalue weighted by Gasteiger charge is -2.40. The van der Waals surface area contributed by atoms with Gasteiger partial charge < -0.3 is 15.2 Å². The fraction of sp³-hybridized carbons (Fsp3) is 0.667. The van der Waals surface area contributed by atoms with E-state index in [1.54, 1.807) is 0 Å². The van der Waals surface area contributed by atoms with Gasteiger partial charge in [-0.2, -0.15) is 0 Å². The molecule has 2 N–H and O–H groups in total. The Balaban J connectivity index is 1.75. The normalized spacial score (nSPS) is 17.9. The Kier molecular flexibility index (Phi) is 8.83. The molecule has 1 unspecified atom stereocenters. The summed E-state index contributed by atoms with van der Waals surface area (Å²) in [7, 11) is 0. The molecule has 1 amide bonds. The van der Waals surface area contributed by atoms with E-state index in [2.05, 4.69) is 29.6 Å². The summed E-state index contributed by atoms with van der Waals surface area (Å²) >= 11 is 3.78. The van der Waals surface area contributed by atoms with E-state index in [0.29, 0.717) is 6.54 Å². The van der Waals surface area contributed by atoms with Gasteiger partial charge in [-0.1, -0.05) is 43.2 Å². The van der Waals surface area contributed by atoms with Gasteiger partial charge in [-0.25, -0.2) is 4.79 Å². The quantitative estimate of drug-likeness (QED) is 0.579. The number of amides is 1. The number of aliphatic hydroxyl groups excluding tert-OH is 1. The highest BCUT2D eigenvalue weighted by molar-refractivity contribution is 8.18. The molecule has 1 atom stereocenters. The molecule has 1 aromatic rings. The van der Waals surface area contributed by atoms with Crippen molar-refractivity contribution in [2.24, 2.45) is 0 Å². The Morgan fingerprint density at radius 1 is 1.19 bits per heavy atom. The van der Waals surface area contributed by atoms with E-state index in [0.717, 1.165) is 37.2 Å². The summed E-state index contributed by atoms with van der Waals surface area (Å²) in [6, 6.07) is 10.4. The van der Waals surface area contributed by atoms with Crippen molar-refractivity contribution < 1.29 is 14.6 Å². The third-order valence-electron chi connectivity index (χ3n) is 4.36. The van der Waals surface area contributed by atoms with Crippen LogP contribution in [0.3, 0.4) is 0 Å². The van der Waals surface area contributed by atoms with Crippen LogP contribution in [-0.2, 0) is 8.82 Å². The smallest absolute Gasteiger partial charge is 0.407 e. The first-order valence-corrected chi connectivity index (χ1v) is 11.8. The molecule has 2 rings (SSSR count). The van der Waals surface area contributed by atoms with Gasteiger partial charge in [0.15, 0.2) is 0 Å². The highest BCUT2D eigenvalue weighted by Gasteiger charge is 2.41. The van der Waals surface area contributed by atoms with Gasteiger partial charge in [0.05, 0.1) is 6.10 Å². The molecule has 152 valence electrons. The number of aliphatic hydroxyl groups is 1. The Morgan fingerprint density at radius 2 is 1.85 bits per heavy atom. The number of carbonyl (C=O) groups excluding carboxylic acids is 1. The van der Waals surface area contributed by atoms with Gasteiger partial charge in [0.25, 0.3) is 0 Å². The van der Waals surface area contributed by atoms with Crippen molar-refractivity contribution in [2.75, 3.05) is 18.1 Å². The minimum absolute atomic E-state index is 0.242. The van der Waals surface area contributed by atoms with Gasteiger partial charge in [0.1, 0.15) is 9.68 Å². The van der Waals surface area contributed by atoms with Crippen molar-refractivity contribution in [3.8, 4) is 0 Å². The van der Waals surface area contributed by atoms with Crippen molar-refractivity contribution in [3.05, 3.63) is 35.9 Å². The molecule has 0 aliphatic carbocycles. The van der Waals surface area contributed by atoms with Crippen molar-refractivity contribution in [3.63, 3.8) is 0 Å². The molecule has 4 nitrogen and oxygen atoms in total. The monoisotopic (exact) mass is 411 g/mol. The van der Waals surface area contributed by atoms with Crippen LogP contribution in [-0.4, -0.2) is 41.0 Å². The molecule has 1 heterocycles. The standard InChI is InChI=1S/C21H33NO3S2/c1-20(2,3)25-19(24)22-14-9-5-8-13-18(23)21(26-15-10-16-27-21)17-11-6-4-7-12-17/h4,6-7,11-12,18,23H,5,8-10,13-16H2,1-3H3,(H,22,24). The first-order valence-electron chi connectivity index (χ1n) is 9.82. The molecule has 1 saturated heterocycles. The second kappa shape index (κ2) is 10.6. The van der Waals surface area contributed by atoms with Gasteiger partial charge >= 0.3 is 6.09 Å². The van der Waals surface area contributed by atoms with Crippen LogP contribution < -0.4 is 5.32 Å². The highest BCUT2D eigenvalue weighted by Crippen LogP contribution is 2.53. The average molecular weight is 412 g/mol. The fourth-order valence-electron chi connectivity index (χ4n) is 3.10. The third-order valence-corrected chi connectivity index (χ3v) is 7.93. The Morgan fingerprint density at radius 3 is 2.48 bits per heavy atom. The minimum atomic E-state index is -0.463. The Hall–Kier alpha value is -0.850.